The van der Waals surface area contributed by atoms with E-state index >= 15 is 0 Å². The zero-order valence-electron chi connectivity index (χ0n) is 11.8. The second kappa shape index (κ2) is 6.92. The first-order valence-electron chi connectivity index (χ1n) is 6.39. The first-order chi connectivity index (χ1) is 8.99. The number of carbonyl (C=O) groups excluding carboxylic acids is 1. The molecule has 0 spiro atoms. The van der Waals surface area contributed by atoms with Crippen molar-refractivity contribution in [1.82, 2.24) is 0 Å². The molecule has 1 rings (SSSR count). The van der Waals surface area contributed by atoms with Gasteiger partial charge >= 0.3 is 5.97 Å². The SMILES string of the molecule is CCOC(=O)/C(=C/Nc1cc(C)c(C)c(F)c1)CC. The van der Waals surface area contributed by atoms with Gasteiger partial charge in [0.2, 0.25) is 0 Å². The molecular weight excluding hydrogens is 245 g/mol. The van der Waals surface area contributed by atoms with Gasteiger partial charge in [0.05, 0.1) is 12.2 Å². The van der Waals surface area contributed by atoms with Gasteiger partial charge in [-0.3, -0.25) is 0 Å². The molecule has 1 N–H and O–H groups in total. The Bertz CT molecular complexity index is 472. The van der Waals surface area contributed by atoms with Crippen LogP contribution in [0.25, 0.3) is 0 Å². The lowest BCUT2D eigenvalue weighted by Gasteiger charge is -2.09. The van der Waals surface area contributed by atoms with E-state index in [2.05, 4.69) is 5.32 Å². The van der Waals surface area contributed by atoms with Crippen LogP contribution in [0.3, 0.4) is 0 Å². The fourth-order valence-electron chi connectivity index (χ4n) is 1.60. The van der Waals surface area contributed by atoms with E-state index in [1.54, 1.807) is 20.0 Å². The van der Waals surface area contributed by atoms with Gasteiger partial charge in [0.1, 0.15) is 5.82 Å². The Morgan fingerprint density at radius 1 is 1.37 bits per heavy atom. The van der Waals surface area contributed by atoms with Crippen LogP contribution >= 0.6 is 0 Å². The average molecular weight is 265 g/mol. The van der Waals surface area contributed by atoms with Crippen molar-refractivity contribution < 1.29 is 13.9 Å². The van der Waals surface area contributed by atoms with Gasteiger partial charge in [0, 0.05) is 11.9 Å². The normalized spacial score (nSPS) is 11.3. The molecule has 0 saturated heterocycles. The molecule has 1 aromatic rings. The summed E-state index contributed by atoms with van der Waals surface area (Å²) >= 11 is 0. The van der Waals surface area contributed by atoms with Gasteiger partial charge in [0.15, 0.2) is 0 Å². The number of carbonyl (C=O) groups is 1. The minimum Gasteiger partial charge on any atom is -0.463 e. The van der Waals surface area contributed by atoms with Crippen LogP contribution in [0.5, 0.6) is 0 Å². The van der Waals surface area contributed by atoms with Crippen molar-refractivity contribution in [1.29, 1.82) is 0 Å². The van der Waals surface area contributed by atoms with E-state index in [9.17, 15) is 9.18 Å². The lowest BCUT2D eigenvalue weighted by atomic mass is 10.1. The predicted molar refractivity (Wildman–Crippen MR) is 74.5 cm³/mol. The first kappa shape index (κ1) is 15.2. The van der Waals surface area contributed by atoms with Crippen molar-refractivity contribution in [3.8, 4) is 0 Å². The summed E-state index contributed by atoms with van der Waals surface area (Å²) in [7, 11) is 0. The Labute approximate surface area is 113 Å². The molecule has 0 aliphatic rings. The highest BCUT2D eigenvalue weighted by molar-refractivity contribution is 5.88. The number of rotatable bonds is 5. The largest absolute Gasteiger partial charge is 0.463 e. The summed E-state index contributed by atoms with van der Waals surface area (Å²) in [5.41, 5.74) is 2.65. The van der Waals surface area contributed by atoms with Gasteiger partial charge in [-0.2, -0.15) is 0 Å². The number of ether oxygens (including phenoxy) is 1. The van der Waals surface area contributed by atoms with Crippen LogP contribution in [0, 0.1) is 19.7 Å². The molecule has 0 bridgehead atoms. The number of hydrogen-bond acceptors (Lipinski definition) is 3. The van der Waals surface area contributed by atoms with Gasteiger partial charge in [-0.25, -0.2) is 9.18 Å². The number of aryl methyl sites for hydroxylation is 1. The fourth-order valence-corrected chi connectivity index (χ4v) is 1.60. The highest BCUT2D eigenvalue weighted by Gasteiger charge is 2.08. The van der Waals surface area contributed by atoms with E-state index in [1.165, 1.54) is 6.07 Å². The molecule has 1 aromatic carbocycles. The van der Waals surface area contributed by atoms with Crippen molar-refractivity contribution in [2.75, 3.05) is 11.9 Å². The minimum atomic E-state index is -0.346. The van der Waals surface area contributed by atoms with Crippen molar-refractivity contribution in [2.24, 2.45) is 0 Å². The average Bonchev–Trinajstić information content (AvgIpc) is 2.37. The Hall–Kier alpha value is -1.84. The van der Waals surface area contributed by atoms with Gasteiger partial charge in [0.25, 0.3) is 0 Å². The number of hydrogen-bond donors (Lipinski definition) is 1. The summed E-state index contributed by atoms with van der Waals surface area (Å²) in [5, 5.41) is 2.94. The Balaban J connectivity index is 2.87. The maximum atomic E-state index is 13.6. The smallest absolute Gasteiger partial charge is 0.335 e. The fraction of sp³-hybridized carbons (Fsp3) is 0.400. The molecule has 0 aliphatic carbocycles. The van der Waals surface area contributed by atoms with Gasteiger partial charge < -0.3 is 10.1 Å². The lowest BCUT2D eigenvalue weighted by Crippen LogP contribution is -2.08. The van der Waals surface area contributed by atoms with Gasteiger partial charge in [-0.1, -0.05) is 6.92 Å². The molecule has 0 heterocycles. The molecular formula is C15H20FNO2. The number of anilines is 1. The van der Waals surface area contributed by atoms with Crippen LogP contribution < -0.4 is 5.32 Å². The second-order valence-electron chi connectivity index (χ2n) is 4.29. The molecule has 0 radical (unpaired) electrons. The predicted octanol–water partition coefficient (Wildman–Crippen LogP) is 3.71. The second-order valence-corrected chi connectivity index (χ2v) is 4.29. The molecule has 0 atom stereocenters. The van der Waals surface area contributed by atoms with Crippen molar-refractivity contribution >= 4 is 11.7 Å². The summed E-state index contributed by atoms with van der Waals surface area (Å²) in [4.78, 5) is 11.6. The highest BCUT2D eigenvalue weighted by atomic mass is 19.1. The number of nitrogens with one attached hydrogen (secondary N) is 1. The van der Waals surface area contributed by atoms with Crippen LogP contribution in [0.4, 0.5) is 10.1 Å². The summed E-state index contributed by atoms with van der Waals surface area (Å²) in [6.45, 7) is 7.55. The van der Waals surface area contributed by atoms with E-state index in [0.29, 0.717) is 29.9 Å². The number of halogens is 1. The zero-order chi connectivity index (χ0) is 14.4. The highest BCUT2D eigenvalue weighted by Crippen LogP contribution is 2.19. The number of esters is 1. The van der Waals surface area contributed by atoms with Gasteiger partial charge in [-0.15, -0.1) is 0 Å². The molecule has 4 heteroatoms. The third-order valence-electron chi connectivity index (χ3n) is 2.94. The van der Waals surface area contributed by atoms with E-state index in [0.717, 1.165) is 5.56 Å². The van der Waals surface area contributed by atoms with Crippen molar-refractivity contribution in [3.63, 3.8) is 0 Å². The Morgan fingerprint density at radius 2 is 2.05 bits per heavy atom. The summed E-state index contributed by atoms with van der Waals surface area (Å²) < 4.78 is 18.5. The molecule has 3 nitrogen and oxygen atoms in total. The Morgan fingerprint density at radius 3 is 2.58 bits per heavy atom. The topological polar surface area (TPSA) is 38.3 Å². The molecule has 0 unspecified atom stereocenters. The molecule has 0 amide bonds. The zero-order valence-corrected chi connectivity index (χ0v) is 11.8. The lowest BCUT2D eigenvalue weighted by molar-refractivity contribution is -0.138. The van der Waals surface area contributed by atoms with Crippen LogP contribution in [-0.2, 0) is 9.53 Å². The van der Waals surface area contributed by atoms with E-state index in [4.69, 9.17) is 4.74 Å². The van der Waals surface area contributed by atoms with Crippen LogP contribution in [0.1, 0.15) is 31.4 Å². The van der Waals surface area contributed by atoms with Crippen LogP contribution in [0.15, 0.2) is 23.9 Å². The molecule has 104 valence electrons. The summed E-state index contributed by atoms with van der Waals surface area (Å²) in [5.74, 6) is -0.605. The van der Waals surface area contributed by atoms with E-state index in [-0.39, 0.29) is 11.8 Å². The third-order valence-corrected chi connectivity index (χ3v) is 2.94. The monoisotopic (exact) mass is 265 g/mol. The van der Waals surface area contributed by atoms with Crippen LogP contribution in [-0.4, -0.2) is 12.6 Å². The maximum absolute atomic E-state index is 13.6. The third kappa shape index (κ3) is 4.09. The van der Waals surface area contributed by atoms with Crippen molar-refractivity contribution in [3.05, 3.63) is 40.8 Å². The molecule has 0 aromatic heterocycles. The van der Waals surface area contributed by atoms with Gasteiger partial charge in [-0.05, 0) is 50.5 Å². The minimum absolute atomic E-state index is 0.259. The summed E-state index contributed by atoms with van der Waals surface area (Å²) in [6.07, 6.45) is 2.13. The number of benzene rings is 1. The summed E-state index contributed by atoms with van der Waals surface area (Å²) in [6, 6.07) is 3.25. The first-order valence-corrected chi connectivity index (χ1v) is 6.39. The molecule has 0 fully saturated rings. The van der Waals surface area contributed by atoms with Crippen LogP contribution in [0.2, 0.25) is 0 Å². The quantitative estimate of drug-likeness (QED) is 0.651. The van der Waals surface area contributed by atoms with Crippen molar-refractivity contribution in [2.45, 2.75) is 34.1 Å². The molecule has 0 aliphatic heterocycles. The molecule has 19 heavy (non-hydrogen) atoms. The van der Waals surface area contributed by atoms with E-state index < -0.39 is 0 Å². The molecule has 0 saturated carbocycles. The van der Waals surface area contributed by atoms with E-state index in [1.807, 2.05) is 19.9 Å². The standard InChI is InChI=1S/C15H20FNO2/c1-5-12(15(18)19-6-2)9-17-13-7-10(3)11(4)14(16)8-13/h7-9,17H,5-6H2,1-4H3/b12-9+. The Kier molecular flexibility index (Phi) is 5.55. The maximum Gasteiger partial charge on any atom is 0.335 e.